The first-order valence-corrected chi connectivity index (χ1v) is 19.7. The number of esters is 1. The van der Waals surface area contributed by atoms with E-state index in [0.29, 0.717) is 35.8 Å². The summed E-state index contributed by atoms with van der Waals surface area (Å²) in [6.07, 6.45) is 1.83. The summed E-state index contributed by atoms with van der Waals surface area (Å²) in [4.78, 5) is 28.1. The zero-order valence-corrected chi connectivity index (χ0v) is 33.3. The maximum absolute atomic E-state index is 12.5. The van der Waals surface area contributed by atoms with E-state index in [1.54, 1.807) is 0 Å². The first-order valence-electron chi connectivity index (χ1n) is 18.9. The lowest BCUT2D eigenvalue weighted by Gasteiger charge is -2.36. The number of methoxy groups -OCH3 is 1. The maximum Gasteiger partial charge on any atom is 0.356 e. The number of anilines is 1. The topological polar surface area (TPSA) is 112 Å². The van der Waals surface area contributed by atoms with Gasteiger partial charge in [0.1, 0.15) is 16.6 Å². The standard InChI is InChI=1S/C46H38Cl2N8O2/c1-3-4-28-55(43-41-40(50-45(48)51-43)38(47)29-39(49-41)44(57)58-2)30-31-24-26-32(27-25-31)36-22-14-15-23-37(36)42-52-53-54-56(42)46(33-16-8-5-9-17-33,34-18-10-6-11-19-34)35-20-12-7-13-21-35/h5-27,29H,3-4,28,30H2,1-2H3. The van der Waals surface area contributed by atoms with Crippen molar-refractivity contribution in [3.05, 3.63) is 184 Å². The molecule has 8 rings (SSSR count). The average molecular weight is 806 g/mol. The number of aromatic nitrogens is 7. The number of carbonyl (C=O) groups excluding carboxylic acids is 1. The first kappa shape index (κ1) is 38.4. The van der Waals surface area contributed by atoms with Gasteiger partial charge in [0.15, 0.2) is 17.3 Å². The van der Waals surface area contributed by atoms with Crippen LogP contribution in [0, 0.1) is 0 Å². The quantitative estimate of drug-likeness (QED) is 0.0639. The number of ether oxygens (including phenoxy) is 1. The van der Waals surface area contributed by atoms with Gasteiger partial charge in [-0.1, -0.05) is 164 Å². The number of fused-ring (bicyclic) bond motifs is 1. The smallest absolute Gasteiger partial charge is 0.356 e. The van der Waals surface area contributed by atoms with Gasteiger partial charge in [-0.3, -0.25) is 0 Å². The Morgan fingerprint density at radius 1 is 0.724 bits per heavy atom. The van der Waals surface area contributed by atoms with Crippen molar-refractivity contribution < 1.29 is 9.53 Å². The van der Waals surface area contributed by atoms with Crippen molar-refractivity contribution in [2.45, 2.75) is 31.8 Å². The normalized spacial score (nSPS) is 11.4. The first-order chi connectivity index (χ1) is 28.4. The molecule has 0 saturated heterocycles. The van der Waals surface area contributed by atoms with E-state index in [1.165, 1.54) is 13.2 Å². The van der Waals surface area contributed by atoms with Crippen molar-refractivity contribution in [3.63, 3.8) is 0 Å². The van der Waals surface area contributed by atoms with E-state index < -0.39 is 11.5 Å². The zero-order chi connectivity index (χ0) is 40.1. The second-order valence-electron chi connectivity index (χ2n) is 13.7. The van der Waals surface area contributed by atoms with Gasteiger partial charge in [0.25, 0.3) is 0 Å². The minimum absolute atomic E-state index is 0.0311. The van der Waals surface area contributed by atoms with E-state index in [9.17, 15) is 4.79 Å². The number of tetrazole rings is 1. The Bertz CT molecular complexity index is 2580. The monoisotopic (exact) mass is 804 g/mol. The Hall–Kier alpha value is -6.49. The van der Waals surface area contributed by atoms with Crippen LogP contribution in [0.1, 0.15) is 52.5 Å². The van der Waals surface area contributed by atoms with E-state index in [4.69, 9.17) is 38.3 Å². The molecule has 0 radical (unpaired) electrons. The number of pyridine rings is 1. The summed E-state index contributed by atoms with van der Waals surface area (Å²) in [6, 6.07) is 49.1. The van der Waals surface area contributed by atoms with Crippen molar-refractivity contribution in [1.82, 2.24) is 35.2 Å². The van der Waals surface area contributed by atoms with Crippen LogP contribution in [-0.4, -0.2) is 54.8 Å². The molecule has 0 saturated carbocycles. The second-order valence-corrected chi connectivity index (χ2v) is 14.5. The third-order valence-corrected chi connectivity index (χ3v) is 10.7. The molecule has 58 heavy (non-hydrogen) atoms. The molecule has 5 aromatic carbocycles. The van der Waals surface area contributed by atoms with E-state index >= 15 is 0 Å². The molecule has 0 N–H and O–H groups in total. The summed E-state index contributed by atoms with van der Waals surface area (Å²) in [6.45, 7) is 3.26. The van der Waals surface area contributed by atoms with Gasteiger partial charge in [0.05, 0.1) is 12.1 Å². The van der Waals surface area contributed by atoms with Gasteiger partial charge >= 0.3 is 5.97 Å². The number of rotatable bonds is 13. The summed E-state index contributed by atoms with van der Waals surface area (Å²) in [7, 11) is 1.30. The Balaban J connectivity index is 1.20. The van der Waals surface area contributed by atoms with Gasteiger partial charge in [-0.15, -0.1) is 5.10 Å². The second kappa shape index (κ2) is 16.9. The number of carbonyl (C=O) groups is 1. The lowest BCUT2D eigenvalue weighted by atomic mass is 9.77. The van der Waals surface area contributed by atoms with Crippen molar-refractivity contribution in [2.24, 2.45) is 0 Å². The molecule has 0 amide bonds. The van der Waals surface area contributed by atoms with Crippen LogP contribution < -0.4 is 4.90 Å². The number of nitrogens with zero attached hydrogens (tertiary/aromatic N) is 8. The van der Waals surface area contributed by atoms with Crippen LogP contribution in [0.5, 0.6) is 0 Å². The van der Waals surface area contributed by atoms with Gasteiger partial charge in [0, 0.05) is 18.7 Å². The number of hydrogen-bond donors (Lipinski definition) is 0. The molecule has 3 heterocycles. The Morgan fingerprint density at radius 3 is 1.90 bits per heavy atom. The summed E-state index contributed by atoms with van der Waals surface area (Å²) >= 11 is 13.1. The molecule has 10 nitrogen and oxygen atoms in total. The molecule has 12 heteroatoms. The molecular weight excluding hydrogens is 767 g/mol. The highest BCUT2D eigenvalue weighted by molar-refractivity contribution is 6.36. The Morgan fingerprint density at radius 2 is 1.31 bits per heavy atom. The van der Waals surface area contributed by atoms with Crippen LogP contribution >= 0.6 is 23.2 Å². The molecular formula is C46H38Cl2N8O2. The lowest BCUT2D eigenvalue weighted by molar-refractivity contribution is 0.0594. The van der Waals surface area contributed by atoms with E-state index in [-0.39, 0.29) is 16.0 Å². The van der Waals surface area contributed by atoms with Crippen LogP contribution in [-0.2, 0) is 16.8 Å². The average Bonchev–Trinajstić information content (AvgIpc) is 3.76. The van der Waals surface area contributed by atoms with E-state index in [1.807, 2.05) is 71.4 Å². The third-order valence-electron chi connectivity index (χ3n) is 10.2. The summed E-state index contributed by atoms with van der Waals surface area (Å²) in [5, 5.41) is 14.1. The predicted octanol–water partition coefficient (Wildman–Crippen LogP) is 10.1. The third kappa shape index (κ3) is 7.28. The molecule has 0 unspecified atom stereocenters. The molecule has 0 atom stereocenters. The molecule has 8 aromatic rings. The van der Waals surface area contributed by atoms with Gasteiger partial charge in [-0.2, -0.15) is 4.98 Å². The molecule has 3 aromatic heterocycles. The zero-order valence-electron chi connectivity index (χ0n) is 31.8. The van der Waals surface area contributed by atoms with E-state index in [2.05, 4.69) is 105 Å². The van der Waals surface area contributed by atoms with Crippen LogP contribution in [0.2, 0.25) is 10.3 Å². The summed E-state index contributed by atoms with van der Waals surface area (Å²) in [5.74, 6) is 0.490. The van der Waals surface area contributed by atoms with Gasteiger partial charge in [-0.05, 0) is 67.9 Å². The summed E-state index contributed by atoms with van der Waals surface area (Å²) in [5.41, 5.74) is 6.82. The highest BCUT2D eigenvalue weighted by atomic mass is 35.5. The molecule has 0 aliphatic carbocycles. The SMILES string of the molecule is CCCCN(Cc1ccc(-c2ccccc2-c2nnnn2C(c2ccccc2)(c2ccccc2)c2ccccc2)cc1)c1nc(Cl)nc2c(Cl)cc(C(=O)OC)nc12. The predicted molar refractivity (Wildman–Crippen MR) is 228 cm³/mol. The van der Waals surface area contributed by atoms with Gasteiger partial charge < -0.3 is 9.64 Å². The van der Waals surface area contributed by atoms with Crippen LogP contribution in [0.4, 0.5) is 5.82 Å². The fraction of sp³-hybridized carbons (Fsp3) is 0.152. The van der Waals surface area contributed by atoms with Crippen LogP contribution in [0.3, 0.4) is 0 Å². The molecule has 288 valence electrons. The summed E-state index contributed by atoms with van der Waals surface area (Å²) < 4.78 is 6.89. The van der Waals surface area contributed by atoms with Crippen LogP contribution in [0.15, 0.2) is 146 Å². The molecule has 0 bridgehead atoms. The van der Waals surface area contributed by atoms with Crippen molar-refractivity contribution in [2.75, 3.05) is 18.6 Å². The van der Waals surface area contributed by atoms with Gasteiger partial charge in [0.2, 0.25) is 5.28 Å². The lowest BCUT2D eigenvalue weighted by Crippen LogP contribution is -2.39. The van der Waals surface area contributed by atoms with Crippen molar-refractivity contribution >= 4 is 46.0 Å². The molecule has 0 aliphatic rings. The minimum Gasteiger partial charge on any atom is -0.464 e. The number of hydrogen-bond acceptors (Lipinski definition) is 9. The van der Waals surface area contributed by atoms with Crippen molar-refractivity contribution in [3.8, 4) is 22.5 Å². The molecule has 0 fully saturated rings. The Kier molecular flexibility index (Phi) is 11.2. The van der Waals surface area contributed by atoms with Gasteiger partial charge in [-0.25, -0.2) is 19.4 Å². The number of benzene rings is 5. The van der Waals surface area contributed by atoms with Crippen LogP contribution in [0.25, 0.3) is 33.5 Å². The fourth-order valence-electron chi connectivity index (χ4n) is 7.49. The highest BCUT2D eigenvalue weighted by Crippen LogP contribution is 2.43. The Labute approximate surface area is 346 Å². The minimum atomic E-state index is -0.897. The highest BCUT2D eigenvalue weighted by Gasteiger charge is 2.42. The number of unbranched alkanes of at least 4 members (excludes halogenated alkanes) is 1. The van der Waals surface area contributed by atoms with Crippen molar-refractivity contribution in [1.29, 1.82) is 0 Å². The number of halogens is 2. The fourth-order valence-corrected chi connectivity index (χ4v) is 7.89. The molecule has 0 aliphatic heterocycles. The van der Waals surface area contributed by atoms with E-state index in [0.717, 1.165) is 51.8 Å². The molecule has 0 spiro atoms. The maximum atomic E-state index is 12.5. The largest absolute Gasteiger partial charge is 0.464 e.